The summed E-state index contributed by atoms with van der Waals surface area (Å²) in [7, 11) is 0. The van der Waals surface area contributed by atoms with Crippen LogP contribution in [0, 0.1) is 5.92 Å². The number of hydrogen-bond acceptors (Lipinski definition) is 5. The van der Waals surface area contributed by atoms with Gasteiger partial charge in [0.2, 0.25) is 5.91 Å². The number of carbonyl (C=O) groups excluding carboxylic acids is 2. The average Bonchev–Trinajstić information content (AvgIpc) is 2.76. The molecule has 1 aliphatic heterocycles. The lowest BCUT2D eigenvalue weighted by Crippen LogP contribution is -2.38. The summed E-state index contributed by atoms with van der Waals surface area (Å²) in [5.41, 5.74) is 1.61. The third kappa shape index (κ3) is 6.55. The number of hydrogen-bond donors (Lipinski definition) is 2. The van der Waals surface area contributed by atoms with Crippen LogP contribution in [0.5, 0.6) is 0 Å². The minimum absolute atomic E-state index is 0.0275. The van der Waals surface area contributed by atoms with Crippen LogP contribution in [0.1, 0.15) is 42.2 Å². The topological polar surface area (TPSA) is 87.2 Å². The molecular weight excluding hydrogens is 366 g/mol. The van der Waals surface area contributed by atoms with Crippen LogP contribution in [0.4, 0.5) is 5.82 Å². The highest BCUT2D eigenvalue weighted by Crippen LogP contribution is 2.21. The molecule has 154 valence electrons. The van der Waals surface area contributed by atoms with Gasteiger partial charge in [0.25, 0.3) is 5.91 Å². The van der Waals surface area contributed by atoms with E-state index in [0.717, 1.165) is 56.8 Å². The van der Waals surface area contributed by atoms with Gasteiger partial charge in [-0.25, -0.2) is 4.98 Å². The van der Waals surface area contributed by atoms with Crippen LogP contribution in [-0.2, 0) is 11.2 Å². The summed E-state index contributed by atoms with van der Waals surface area (Å²) in [6.07, 6.45) is 7.18. The fourth-order valence-electron chi connectivity index (χ4n) is 3.48. The van der Waals surface area contributed by atoms with E-state index in [2.05, 4.69) is 25.5 Å². The summed E-state index contributed by atoms with van der Waals surface area (Å²) >= 11 is 0. The summed E-state index contributed by atoms with van der Waals surface area (Å²) in [6, 6.07) is 9.61. The Kier molecular flexibility index (Phi) is 7.55. The number of nitrogens with zero attached hydrogens (tertiary/aromatic N) is 3. The molecule has 0 spiro atoms. The van der Waals surface area contributed by atoms with Gasteiger partial charge in [0.05, 0.1) is 5.56 Å². The van der Waals surface area contributed by atoms with Crippen LogP contribution in [0.15, 0.2) is 42.7 Å². The van der Waals surface area contributed by atoms with E-state index in [1.165, 1.54) is 0 Å². The zero-order valence-electron chi connectivity index (χ0n) is 16.9. The molecule has 3 rings (SSSR count). The summed E-state index contributed by atoms with van der Waals surface area (Å²) in [5, 5.41) is 5.84. The Hall–Kier alpha value is -2.96. The minimum Gasteiger partial charge on any atom is -0.357 e. The van der Waals surface area contributed by atoms with Gasteiger partial charge in [0.1, 0.15) is 5.82 Å². The average molecular weight is 396 g/mol. The monoisotopic (exact) mass is 395 g/mol. The molecule has 29 heavy (non-hydrogen) atoms. The highest BCUT2D eigenvalue weighted by molar-refractivity contribution is 5.94. The highest BCUT2D eigenvalue weighted by atomic mass is 16.2. The molecule has 1 saturated heterocycles. The Balaban J connectivity index is 1.40. The lowest BCUT2D eigenvalue weighted by Gasteiger charge is -2.32. The zero-order chi connectivity index (χ0) is 20.5. The van der Waals surface area contributed by atoms with Crippen LogP contribution < -0.4 is 15.5 Å². The molecule has 1 fully saturated rings. The second-order valence-corrected chi connectivity index (χ2v) is 7.45. The molecule has 2 aromatic rings. The minimum atomic E-state index is -0.0981. The maximum atomic E-state index is 12.3. The van der Waals surface area contributed by atoms with Gasteiger partial charge in [-0.2, -0.15) is 0 Å². The molecule has 0 bridgehead atoms. The Morgan fingerprint density at radius 2 is 1.93 bits per heavy atom. The van der Waals surface area contributed by atoms with E-state index < -0.39 is 0 Å². The van der Waals surface area contributed by atoms with Crippen LogP contribution >= 0.6 is 0 Å². The molecule has 0 aliphatic carbocycles. The number of rotatable bonds is 8. The molecule has 0 aromatic carbocycles. The Morgan fingerprint density at radius 3 is 2.59 bits per heavy atom. The highest BCUT2D eigenvalue weighted by Gasteiger charge is 2.20. The molecule has 2 N–H and O–H groups in total. The van der Waals surface area contributed by atoms with Crippen molar-refractivity contribution < 1.29 is 9.59 Å². The Bertz CT molecular complexity index is 787. The SMILES string of the molecule is CC(=O)NCC1CCN(c2ccc(C(=O)NCCCc3ccccn3)cn2)CC1. The van der Waals surface area contributed by atoms with Gasteiger partial charge in [-0.05, 0) is 55.9 Å². The predicted octanol–water partition coefficient (Wildman–Crippen LogP) is 2.19. The van der Waals surface area contributed by atoms with E-state index in [4.69, 9.17) is 0 Å². The van der Waals surface area contributed by atoms with Crippen molar-refractivity contribution in [2.75, 3.05) is 31.1 Å². The molecule has 2 aromatic heterocycles. The van der Waals surface area contributed by atoms with Crippen molar-refractivity contribution in [3.8, 4) is 0 Å². The molecule has 0 saturated carbocycles. The summed E-state index contributed by atoms with van der Waals surface area (Å²) in [6.45, 7) is 4.74. The first kappa shape index (κ1) is 20.8. The first-order valence-electron chi connectivity index (χ1n) is 10.3. The molecule has 0 radical (unpaired) electrons. The van der Waals surface area contributed by atoms with Gasteiger partial charge in [-0.15, -0.1) is 0 Å². The van der Waals surface area contributed by atoms with Crippen molar-refractivity contribution in [3.05, 3.63) is 54.0 Å². The van der Waals surface area contributed by atoms with E-state index in [9.17, 15) is 9.59 Å². The predicted molar refractivity (Wildman–Crippen MR) is 113 cm³/mol. The van der Waals surface area contributed by atoms with E-state index >= 15 is 0 Å². The van der Waals surface area contributed by atoms with Crippen LogP contribution in [0.3, 0.4) is 0 Å². The first-order chi connectivity index (χ1) is 14.1. The van der Waals surface area contributed by atoms with Crippen LogP contribution in [-0.4, -0.2) is 48.0 Å². The van der Waals surface area contributed by atoms with Gasteiger partial charge in [0.15, 0.2) is 0 Å². The number of carbonyl (C=O) groups is 2. The van der Waals surface area contributed by atoms with Crippen molar-refractivity contribution in [2.24, 2.45) is 5.92 Å². The van der Waals surface area contributed by atoms with Gasteiger partial charge in [-0.1, -0.05) is 6.07 Å². The fourth-order valence-corrected chi connectivity index (χ4v) is 3.48. The third-order valence-corrected chi connectivity index (χ3v) is 5.21. The first-order valence-corrected chi connectivity index (χ1v) is 10.3. The third-order valence-electron chi connectivity index (χ3n) is 5.21. The fraction of sp³-hybridized carbons (Fsp3) is 0.455. The molecular formula is C22H29N5O2. The number of pyridine rings is 2. The number of amides is 2. The van der Waals surface area contributed by atoms with Crippen molar-refractivity contribution in [2.45, 2.75) is 32.6 Å². The molecule has 0 atom stereocenters. The Labute approximate surface area is 171 Å². The molecule has 2 amide bonds. The van der Waals surface area contributed by atoms with Crippen molar-refractivity contribution in [3.63, 3.8) is 0 Å². The summed E-state index contributed by atoms with van der Waals surface area (Å²) < 4.78 is 0. The molecule has 3 heterocycles. The largest absolute Gasteiger partial charge is 0.357 e. The number of anilines is 1. The second-order valence-electron chi connectivity index (χ2n) is 7.45. The summed E-state index contributed by atoms with van der Waals surface area (Å²) in [4.78, 5) is 34.3. The van der Waals surface area contributed by atoms with E-state index in [1.54, 1.807) is 19.3 Å². The lowest BCUT2D eigenvalue weighted by molar-refractivity contribution is -0.119. The molecule has 7 nitrogen and oxygen atoms in total. The van der Waals surface area contributed by atoms with Crippen molar-refractivity contribution in [1.82, 2.24) is 20.6 Å². The van der Waals surface area contributed by atoms with Gasteiger partial charge >= 0.3 is 0 Å². The molecule has 1 aliphatic rings. The quantitative estimate of drug-likeness (QED) is 0.669. The van der Waals surface area contributed by atoms with Crippen LogP contribution in [0.25, 0.3) is 0 Å². The number of aromatic nitrogens is 2. The lowest BCUT2D eigenvalue weighted by atomic mass is 9.97. The normalized spacial score (nSPS) is 14.4. The van der Waals surface area contributed by atoms with Gasteiger partial charge in [-0.3, -0.25) is 14.6 Å². The molecule has 7 heteroatoms. The smallest absolute Gasteiger partial charge is 0.252 e. The zero-order valence-corrected chi connectivity index (χ0v) is 16.9. The van der Waals surface area contributed by atoms with E-state index in [-0.39, 0.29) is 11.8 Å². The summed E-state index contributed by atoms with van der Waals surface area (Å²) in [5.74, 6) is 1.35. The molecule has 0 unspecified atom stereocenters. The van der Waals surface area contributed by atoms with Gasteiger partial charge in [0, 0.05) is 51.2 Å². The van der Waals surface area contributed by atoms with Crippen molar-refractivity contribution in [1.29, 1.82) is 0 Å². The maximum Gasteiger partial charge on any atom is 0.252 e. The standard InChI is InChI=1S/C22H29N5O2/c1-17(28)25-15-18-9-13-27(14-10-18)21-8-7-19(16-26-21)22(29)24-12-4-6-20-5-2-3-11-23-20/h2-3,5,7-8,11,16,18H,4,6,9-10,12-15H2,1H3,(H,24,29)(H,25,28). The van der Waals surface area contributed by atoms with E-state index in [1.807, 2.05) is 30.3 Å². The van der Waals surface area contributed by atoms with Gasteiger partial charge < -0.3 is 15.5 Å². The van der Waals surface area contributed by atoms with Crippen LogP contribution in [0.2, 0.25) is 0 Å². The number of piperidine rings is 1. The number of aryl methyl sites for hydroxylation is 1. The van der Waals surface area contributed by atoms with Crippen molar-refractivity contribution >= 4 is 17.6 Å². The maximum absolute atomic E-state index is 12.3. The number of nitrogens with one attached hydrogen (secondary N) is 2. The second kappa shape index (κ2) is 10.5. The van der Waals surface area contributed by atoms with E-state index in [0.29, 0.717) is 18.0 Å². The Morgan fingerprint density at radius 1 is 1.10 bits per heavy atom.